The van der Waals surface area contributed by atoms with Gasteiger partial charge in [-0.2, -0.15) is 4.31 Å². The van der Waals surface area contributed by atoms with Crippen LogP contribution < -0.4 is 4.90 Å². The third kappa shape index (κ3) is 4.73. The first-order chi connectivity index (χ1) is 16.7. The van der Waals surface area contributed by atoms with E-state index in [0.29, 0.717) is 22.3 Å². The molecular formula is C24H23ClN4O3S3. The number of hydrogen-bond donors (Lipinski definition) is 0. The number of carbonyl (C=O) groups is 1. The number of aryl methyl sites for hydroxylation is 2. The van der Waals surface area contributed by atoms with Crippen molar-refractivity contribution in [3.05, 3.63) is 69.8 Å². The van der Waals surface area contributed by atoms with Crippen molar-refractivity contribution in [3.8, 4) is 0 Å². The fourth-order valence-electron chi connectivity index (χ4n) is 4.20. The highest BCUT2D eigenvalue weighted by atomic mass is 35.5. The Morgan fingerprint density at radius 3 is 2.71 bits per heavy atom. The van der Waals surface area contributed by atoms with Crippen LogP contribution in [0.3, 0.4) is 0 Å². The molecule has 182 valence electrons. The van der Waals surface area contributed by atoms with Gasteiger partial charge in [-0.05, 0) is 73.7 Å². The predicted octanol–water partition coefficient (Wildman–Crippen LogP) is 5.41. The van der Waals surface area contributed by atoms with Crippen molar-refractivity contribution in [3.63, 3.8) is 0 Å². The quantitative estimate of drug-likeness (QED) is 0.323. The maximum atomic E-state index is 14.0. The zero-order valence-electron chi connectivity index (χ0n) is 19.1. The molecule has 35 heavy (non-hydrogen) atoms. The lowest BCUT2D eigenvalue weighted by molar-refractivity contribution is -0.121. The van der Waals surface area contributed by atoms with Crippen LogP contribution in [-0.2, 0) is 21.4 Å². The highest BCUT2D eigenvalue weighted by molar-refractivity contribution is 7.91. The van der Waals surface area contributed by atoms with Crippen molar-refractivity contribution in [2.24, 2.45) is 0 Å². The van der Waals surface area contributed by atoms with E-state index in [9.17, 15) is 13.2 Å². The summed E-state index contributed by atoms with van der Waals surface area (Å²) in [5.41, 5.74) is 3.94. The van der Waals surface area contributed by atoms with Crippen molar-refractivity contribution in [2.45, 2.75) is 43.5 Å². The molecule has 4 heterocycles. The van der Waals surface area contributed by atoms with Gasteiger partial charge < -0.3 is 0 Å². The van der Waals surface area contributed by atoms with Crippen LogP contribution in [0.1, 0.15) is 29.5 Å². The summed E-state index contributed by atoms with van der Waals surface area (Å²) in [5, 5.41) is 0.544. The molecule has 0 aliphatic carbocycles. The molecule has 1 amide bonds. The number of thiazole rings is 1. The van der Waals surface area contributed by atoms with Crippen LogP contribution >= 0.6 is 34.3 Å². The molecule has 4 aromatic rings. The van der Waals surface area contributed by atoms with Gasteiger partial charge in [0.1, 0.15) is 10.3 Å². The van der Waals surface area contributed by atoms with Gasteiger partial charge in [-0.3, -0.25) is 14.7 Å². The number of halogens is 1. The number of anilines is 1. The molecular weight excluding hydrogens is 524 g/mol. The number of hydrogen-bond acceptors (Lipinski definition) is 7. The van der Waals surface area contributed by atoms with Crippen LogP contribution in [0.15, 0.2) is 53.0 Å². The van der Waals surface area contributed by atoms with Gasteiger partial charge in [0.15, 0.2) is 5.13 Å². The average molecular weight is 547 g/mol. The standard InChI is InChI=1S/C24H23ClN4O3S3/c1-15-11-18-20(12-16(15)2)33-24(27-18)28(14-17-5-3-9-26-13-17)23(30)19-6-4-10-29(19)35(31,32)22-8-7-21(25)34-22/h3,5,7-9,11-13,19H,4,6,10,14H2,1-2H3. The zero-order chi connectivity index (χ0) is 24.7. The van der Waals surface area contributed by atoms with Gasteiger partial charge in [0.2, 0.25) is 5.91 Å². The maximum Gasteiger partial charge on any atom is 0.253 e. The summed E-state index contributed by atoms with van der Waals surface area (Å²) in [6, 6.07) is 10.0. The molecule has 0 radical (unpaired) electrons. The Labute approximate surface area is 217 Å². The monoisotopic (exact) mass is 546 g/mol. The molecule has 0 bridgehead atoms. The largest absolute Gasteiger partial charge is 0.282 e. The van der Waals surface area contributed by atoms with Crippen LogP contribution in [0.4, 0.5) is 5.13 Å². The summed E-state index contributed by atoms with van der Waals surface area (Å²) in [5.74, 6) is -0.287. The summed E-state index contributed by atoms with van der Waals surface area (Å²) >= 11 is 8.44. The first kappa shape index (κ1) is 24.3. The molecule has 0 spiro atoms. The van der Waals surface area contributed by atoms with Crippen molar-refractivity contribution in [1.29, 1.82) is 0 Å². The number of nitrogens with zero attached hydrogens (tertiary/aromatic N) is 4. The molecule has 1 aliphatic heterocycles. The van der Waals surface area contributed by atoms with Crippen molar-refractivity contribution < 1.29 is 13.2 Å². The second kappa shape index (κ2) is 9.59. The average Bonchev–Trinajstić information content (AvgIpc) is 3.58. The Bertz CT molecular complexity index is 1460. The number of pyridine rings is 1. The fraction of sp³-hybridized carbons (Fsp3) is 0.292. The van der Waals surface area contributed by atoms with Gasteiger partial charge in [0, 0.05) is 18.9 Å². The van der Waals surface area contributed by atoms with Crippen LogP contribution in [0.25, 0.3) is 10.2 Å². The highest BCUT2D eigenvalue weighted by Crippen LogP contribution is 2.36. The minimum absolute atomic E-state index is 0.145. The Balaban J connectivity index is 1.54. The lowest BCUT2D eigenvalue weighted by Gasteiger charge is -2.28. The summed E-state index contributed by atoms with van der Waals surface area (Å²) in [6.07, 6.45) is 4.44. The van der Waals surface area contributed by atoms with Gasteiger partial charge in [-0.1, -0.05) is 29.0 Å². The summed E-state index contributed by atoms with van der Waals surface area (Å²) in [4.78, 5) is 24.6. The Morgan fingerprint density at radius 1 is 1.20 bits per heavy atom. The van der Waals surface area contributed by atoms with Gasteiger partial charge in [-0.25, -0.2) is 13.4 Å². The molecule has 1 atom stereocenters. The minimum atomic E-state index is -3.85. The Kier molecular flexibility index (Phi) is 6.67. The van der Waals surface area contributed by atoms with Crippen LogP contribution in [0, 0.1) is 13.8 Å². The second-order valence-corrected chi connectivity index (χ2v) is 13.4. The maximum absolute atomic E-state index is 14.0. The second-order valence-electron chi connectivity index (χ2n) is 8.52. The first-order valence-corrected chi connectivity index (χ1v) is 14.5. The number of benzene rings is 1. The molecule has 1 aromatic carbocycles. The van der Waals surface area contributed by atoms with Gasteiger partial charge in [0.25, 0.3) is 10.0 Å². The topological polar surface area (TPSA) is 83.5 Å². The molecule has 3 aromatic heterocycles. The third-order valence-corrected chi connectivity index (χ3v) is 10.8. The van der Waals surface area contributed by atoms with Crippen LogP contribution in [-0.4, -0.2) is 41.2 Å². The number of amides is 1. The molecule has 11 heteroatoms. The molecule has 7 nitrogen and oxygen atoms in total. The summed E-state index contributed by atoms with van der Waals surface area (Å²) in [7, 11) is -3.85. The summed E-state index contributed by atoms with van der Waals surface area (Å²) in [6.45, 7) is 4.61. The number of rotatable bonds is 6. The zero-order valence-corrected chi connectivity index (χ0v) is 22.3. The predicted molar refractivity (Wildman–Crippen MR) is 141 cm³/mol. The third-order valence-electron chi connectivity index (χ3n) is 6.15. The van der Waals surface area contributed by atoms with Gasteiger partial charge >= 0.3 is 0 Å². The van der Waals surface area contributed by atoms with E-state index in [0.717, 1.165) is 38.2 Å². The van der Waals surface area contributed by atoms with Crippen molar-refractivity contribution >= 4 is 65.6 Å². The number of carbonyl (C=O) groups excluding carboxylic acids is 1. The molecule has 0 N–H and O–H groups in total. The lowest BCUT2D eigenvalue weighted by Crippen LogP contribution is -2.47. The van der Waals surface area contributed by atoms with Crippen LogP contribution in [0.5, 0.6) is 0 Å². The van der Waals surface area contributed by atoms with Crippen molar-refractivity contribution in [1.82, 2.24) is 14.3 Å². The Morgan fingerprint density at radius 2 is 2.00 bits per heavy atom. The van der Waals surface area contributed by atoms with E-state index in [1.807, 2.05) is 32.0 Å². The number of fused-ring (bicyclic) bond motifs is 1. The fourth-order valence-corrected chi connectivity index (χ4v) is 8.52. The van der Waals surface area contributed by atoms with Crippen molar-refractivity contribution in [2.75, 3.05) is 11.4 Å². The SMILES string of the molecule is Cc1cc2nc(N(Cc3cccnc3)C(=O)C3CCCN3S(=O)(=O)c3ccc(Cl)s3)sc2cc1C. The Hall–Kier alpha value is -2.37. The smallest absolute Gasteiger partial charge is 0.253 e. The van der Waals surface area contributed by atoms with E-state index in [1.165, 1.54) is 21.7 Å². The molecule has 1 unspecified atom stereocenters. The number of aromatic nitrogens is 2. The van der Waals surface area contributed by atoms with Crippen LogP contribution in [0.2, 0.25) is 4.34 Å². The molecule has 1 fully saturated rings. The van der Waals surface area contributed by atoms with E-state index in [2.05, 4.69) is 11.1 Å². The molecule has 1 saturated heterocycles. The van der Waals surface area contributed by atoms with E-state index in [-0.39, 0.29) is 23.2 Å². The molecule has 0 saturated carbocycles. The van der Waals surface area contributed by atoms with E-state index < -0.39 is 16.1 Å². The van der Waals surface area contributed by atoms with E-state index >= 15 is 0 Å². The van der Waals surface area contributed by atoms with Gasteiger partial charge in [0.05, 0.1) is 21.1 Å². The first-order valence-electron chi connectivity index (χ1n) is 11.1. The number of thiophene rings is 1. The minimum Gasteiger partial charge on any atom is -0.282 e. The highest BCUT2D eigenvalue weighted by Gasteiger charge is 2.42. The molecule has 1 aliphatic rings. The summed E-state index contributed by atoms with van der Waals surface area (Å²) < 4.78 is 29.6. The molecule has 5 rings (SSSR count). The lowest BCUT2D eigenvalue weighted by atomic mass is 10.1. The van der Waals surface area contributed by atoms with Gasteiger partial charge in [-0.15, -0.1) is 11.3 Å². The number of sulfonamides is 1. The normalized spacial score (nSPS) is 16.7. The van der Waals surface area contributed by atoms with E-state index in [4.69, 9.17) is 16.6 Å². The van der Waals surface area contributed by atoms with E-state index in [1.54, 1.807) is 23.4 Å².